The standard InChI is InChI=1S/C11H16ClN3O3S/c12-10-5-9(6-14-11(10)13)19(17,18)15-3-1-8(7-15)2-4-16/h5-6,8,16H,1-4,7H2,(H2,13,14). The maximum atomic E-state index is 12.4. The average Bonchev–Trinajstić information content (AvgIpc) is 2.82. The van der Waals surface area contributed by atoms with Gasteiger partial charge in [0, 0.05) is 25.9 Å². The Morgan fingerprint density at radius 3 is 2.95 bits per heavy atom. The van der Waals surface area contributed by atoms with E-state index in [0.717, 1.165) is 6.42 Å². The average molecular weight is 306 g/mol. The van der Waals surface area contributed by atoms with Gasteiger partial charge in [0.1, 0.15) is 10.7 Å². The van der Waals surface area contributed by atoms with E-state index in [1.807, 2.05) is 0 Å². The molecule has 3 N–H and O–H groups in total. The molecule has 0 aromatic carbocycles. The molecule has 6 nitrogen and oxygen atoms in total. The number of nitrogen functional groups attached to an aromatic ring is 1. The van der Waals surface area contributed by atoms with Crippen LogP contribution < -0.4 is 5.73 Å². The van der Waals surface area contributed by atoms with Gasteiger partial charge in [-0.3, -0.25) is 0 Å². The van der Waals surface area contributed by atoms with Crippen LogP contribution in [-0.2, 0) is 10.0 Å². The number of hydrogen-bond acceptors (Lipinski definition) is 5. The van der Waals surface area contributed by atoms with Crippen LogP contribution in [0.5, 0.6) is 0 Å². The first-order valence-electron chi connectivity index (χ1n) is 5.97. The van der Waals surface area contributed by atoms with Crippen molar-refractivity contribution in [2.75, 3.05) is 25.4 Å². The Labute approximate surface area is 117 Å². The lowest BCUT2D eigenvalue weighted by Crippen LogP contribution is -2.29. The molecule has 1 unspecified atom stereocenters. The van der Waals surface area contributed by atoms with Crippen molar-refractivity contribution in [2.24, 2.45) is 5.92 Å². The Morgan fingerprint density at radius 2 is 2.32 bits per heavy atom. The molecule has 8 heteroatoms. The highest BCUT2D eigenvalue weighted by molar-refractivity contribution is 7.89. The fourth-order valence-electron chi connectivity index (χ4n) is 2.15. The van der Waals surface area contributed by atoms with E-state index >= 15 is 0 Å². The second-order valence-electron chi connectivity index (χ2n) is 4.57. The molecule has 0 radical (unpaired) electrons. The van der Waals surface area contributed by atoms with Gasteiger partial charge in [-0.05, 0) is 24.8 Å². The molecule has 106 valence electrons. The molecule has 1 saturated heterocycles. The number of pyridine rings is 1. The van der Waals surface area contributed by atoms with Gasteiger partial charge in [0.25, 0.3) is 0 Å². The smallest absolute Gasteiger partial charge is 0.244 e. The quantitative estimate of drug-likeness (QED) is 0.854. The number of hydrogen-bond donors (Lipinski definition) is 2. The number of aliphatic hydroxyl groups is 1. The van der Waals surface area contributed by atoms with Crippen molar-refractivity contribution < 1.29 is 13.5 Å². The summed E-state index contributed by atoms with van der Waals surface area (Å²) in [6.45, 7) is 0.952. The van der Waals surface area contributed by atoms with Gasteiger partial charge in [0.15, 0.2) is 0 Å². The molecule has 2 heterocycles. The third kappa shape index (κ3) is 3.00. The van der Waals surface area contributed by atoms with Gasteiger partial charge in [-0.1, -0.05) is 11.6 Å². The molecule has 0 aliphatic carbocycles. The number of halogens is 1. The van der Waals surface area contributed by atoms with Crippen LogP contribution in [0.1, 0.15) is 12.8 Å². The number of rotatable bonds is 4. The zero-order valence-corrected chi connectivity index (χ0v) is 11.9. The highest BCUT2D eigenvalue weighted by Gasteiger charge is 2.32. The molecule has 2 rings (SSSR count). The van der Waals surface area contributed by atoms with Crippen molar-refractivity contribution in [3.05, 3.63) is 17.3 Å². The zero-order valence-electron chi connectivity index (χ0n) is 10.3. The van der Waals surface area contributed by atoms with Gasteiger partial charge in [-0.2, -0.15) is 4.31 Å². The van der Waals surface area contributed by atoms with E-state index in [4.69, 9.17) is 22.4 Å². The Kier molecular flexibility index (Phi) is 4.29. The first-order valence-corrected chi connectivity index (χ1v) is 7.79. The monoisotopic (exact) mass is 305 g/mol. The summed E-state index contributed by atoms with van der Waals surface area (Å²) >= 11 is 5.80. The molecule has 1 aliphatic rings. The first kappa shape index (κ1) is 14.5. The summed E-state index contributed by atoms with van der Waals surface area (Å²) in [5.41, 5.74) is 5.47. The summed E-state index contributed by atoms with van der Waals surface area (Å²) in [5, 5.41) is 9.02. The molecule has 1 aliphatic heterocycles. The number of nitrogens with zero attached hydrogens (tertiary/aromatic N) is 2. The van der Waals surface area contributed by atoms with Crippen LogP contribution in [0, 0.1) is 5.92 Å². The zero-order chi connectivity index (χ0) is 14.0. The Morgan fingerprint density at radius 1 is 1.58 bits per heavy atom. The van der Waals surface area contributed by atoms with Crippen LogP contribution in [-0.4, -0.2) is 42.5 Å². The first-order chi connectivity index (χ1) is 8.95. The van der Waals surface area contributed by atoms with Crippen LogP contribution in [0.15, 0.2) is 17.2 Å². The predicted molar refractivity (Wildman–Crippen MR) is 72.2 cm³/mol. The summed E-state index contributed by atoms with van der Waals surface area (Å²) in [6.07, 6.45) is 2.60. The van der Waals surface area contributed by atoms with Crippen molar-refractivity contribution in [3.8, 4) is 0 Å². The van der Waals surface area contributed by atoms with Crippen molar-refractivity contribution in [1.82, 2.24) is 9.29 Å². The minimum atomic E-state index is -3.58. The van der Waals surface area contributed by atoms with Crippen molar-refractivity contribution in [1.29, 1.82) is 0 Å². The molecule has 1 fully saturated rings. The van der Waals surface area contributed by atoms with Crippen molar-refractivity contribution in [2.45, 2.75) is 17.7 Å². The maximum absolute atomic E-state index is 12.4. The van der Waals surface area contributed by atoms with E-state index in [1.165, 1.54) is 16.6 Å². The molecule has 0 amide bonds. The van der Waals surface area contributed by atoms with E-state index < -0.39 is 10.0 Å². The number of sulfonamides is 1. The predicted octanol–water partition coefficient (Wildman–Crippen LogP) is 0.710. The summed E-state index contributed by atoms with van der Waals surface area (Å²) in [6, 6.07) is 1.32. The minimum Gasteiger partial charge on any atom is -0.396 e. The van der Waals surface area contributed by atoms with Gasteiger partial charge in [0.05, 0.1) is 5.02 Å². The second-order valence-corrected chi connectivity index (χ2v) is 6.91. The summed E-state index contributed by atoms with van der Waals surface area (Å²) < 4.78 is 26.1. The molecule has 0 saturated carbocycles. The second kappa shape index (κ2) is 5.62. The van der Waals surface area contributed by atoms with E-state index in [0.29, 0.717) is 19.5 Å². The Hall–Kier alpha value is -0.890. The topological polar surface area (TPSA) is 96.5 Å². The van der Waals surface area contributed by atoms with Crippen LogP contribution in [0.4, 0.5) is 5.82 Å². The summed E-state index contributed by atoms with van der Waals surface area (Å²) in [7, 11) is -3.58. The summed E-state index contributed by atoms with van der Waals surface area (Å²) in [4.78, 5) is 3.82. The molecular weight excluding hydrogens is 290 g/mol. The highest BCUT2D eigenvalue weighted by atomic mass is 35.5. The molecule has 1 aromatic heterocycles. The van der Waals surface area contributed by atoms with Crippen molar-refractivity contribution >= 4 is 27.4 Å². The largest absolute Gasteiger partial charge is 0.396 e. The molecule has 1 atom stereocenters. The van der Waals surface area contributed by atoms with Gasteiger partial charge in [0.2, 0.25) is 10.0 Å². The number of aromatic nitrogens is 1. The van der Waals surface area contributed by atoms with Gasteiger partial charge in [-0.25, -0.2) is 13.4 Å². The van der Waals surface area contributed by atoms with E-state index in [9.17, 15) is 8.42 Å². The third-order valence-corrected chi connectivity index (χ3v) is 5.40. The Balaban J connectivity index is 2.21. The molecule has 0 spiro atoms. The fraction of sp³-hybridized carbons (Fsp3) is 0.545. The van der Waals surface area contributed by atoms with Gasteiger partial charge >= 0.3 is 0 Å². The summed E-state index contributed by atoms with van der Waals surface area (Å²) in [5.74, 6) is 0.317. The Bertz CT molecular complexity index is 564. The van der Waals surface area contributed by atoms with Crippen LogP contribution in [0.3, 0.4) is 0 Å². The van der Waals surface area contributed by atoms with Gasteiger partial charge in [-0.15, -0.1) is 0 Å². The molecular formula is C11H16ClN3O3S. The maximum Gasteiger partial charge on any atom is 0.244 e. The van der Waals surface area contributed by atoms with Crippen LogP contribution in [0.2, 0.25) is 5.02 Å². The van der Waals surface area contributed by atoms with E-state index in [1.54, 1.807) is 0 Å². The minimum absolute atomic E-state index is 0.0522. The number of anilines is 1. The molecule has 1 aromatic rings. The third-order valence-electron chi connectivity index (χ3n) is 3.27. The number of nitrogens with two attached hydrogens (primary N) is 1. The lowest BCUT2D eigenvalue weighted by atomic mass is 10.1. The fourth-order valence-corrected chi connectivity index (χ4v) is 3.89. The molecule has 0 bridgehead atoms. The SMILES string of the molecule is Nc1ncc(S(=O)(=O)N2CCC(CCO)C2)cc1Cl. The van der Waals surface area contributed by atoms with E-state index in [2.05, 4.69) is 4.98 Å². The van der Waals surface area contributed by atoms with Crippen molar-refractivity contribution in [3.63, 3.8) is 0 Å². The van der Waals surface area contributed by atoms with Crippen LogP contribution in [0.25, 0.3) is 0 Å². The van der Waals surface area contributed by atoms with Gasteiger partial charge < -0.3 is 10.8 Å². The van der Waals surface area contributed by atoms with Crippen LogP contribution >= 0.6 is 11.6 Å². The molecule has 19 heavy (non-hydrogen) atoms. The lowest BCUT2D eigenvalue weighted by Gasteiger charge is -2.16. The lowest BCUT2D eigenvalue weighted by molar-refractivity contribution is 0.259. The van der Waals surface area contributed by atoms with E-state index in [-0.39, 0.29) is 28.3 Å². The highest BCUT2D eigenvalue weighted by Crippen LogP contribution is 2.27. The normalized spacial score (nSPS) is 20.8. The number of aliphatic hydroxyl groups excluding tert-OH is 1.